The van der Waals surface area contributed by atoms with E-state index in [2.05, 4.69) is 5.32 Å². The van der Waals surface area contributed by atoms with E-state index in [9.17, 15) is 24.6 Å². The van der Waals surface area contributed by atoms with Crippen LogP contribution >= 0.6 is 0 Å². The van der Waals surface area contributed by atoms with Crippen LogP contribution in [0, 0.1) is 5.92 Å². The number of benzene rings is 1. The molecule has 0 saturated carbocycles. The standard InChI is InChI=1S/C17H18N2O6/c1-8(20)13-12-7-11(14(16(22)23)19(12)15(13)21)9-4-3-5-10(6-9)25-17(24)18-2/h3-6,8,12-13,20H,7H2,1-2H3,(H,18,24)(H,22,23)/t8-,12?,13?/m1/s1. The normalized spacial score (nSPS) is 23.0. The maximum Gasteiger partial charge on any atom is 0.412 e. The molecule has 0 radical (unpaired) electrons. The zero-order valence-corrected chi connectivity index (χ0v) is 13.7. The van der Waals surface area contributed by atoms with Gasteiger partial charge in [-0.25, -0.2) is 9.59 Å². The average Bonchev–Trinajstić information content (AvgIpc) is 2.89. The minimum Gasteiger partial charge on any atom is -0.477 e. The number of aliphatic hydroxyl groups is 1. The number of hydrogen-bond acceptors (Lipinski definition) is 5. The highest BCUT2D eigenvalue weighted by molar-refractivity contribution is 6.06. The van der Waals surface area contributed by atoms with Gasteiger partial charge in [0.15, 0.2) is 0 Å². The third-order valence-corrected chi connectivity index (χ3v) is 4.53. The Labute approximate surface area is 143 Å². The fourth-order valence-corrected chi connectivity index (χ4v) is 3.43. The van der Waals surface area contributed by atoms with Crippen LogP contribution in [0.25, 0.3) is 5.57 Å². The highest BCUT2D eigenvalue weighted by Gasteiger charge is 2.56. The largest absolute Gasteiger partial charge is 0.477 e. The van der Waals surface area contributed by atoms with E-state index in [1.807, 2.05) is 0 Å². The van der Waals surface area contributed by atoms with Crippen LogP contribution in [-0.2, 0) is 9.59 Å². The van der Waals surface area contributed by atoms with Crippen LogP contribution in [0.2, 0.25) is 0 Å². The van der Waals surface area contributed by atoms with Crippen molar-refractivity contribution >= 4 is 23.5 Å². The lowest BCUT2D eigenvalue weighted by molar-refractivity contribution is -0.161. The van der Waals surface area contributed by atoms with E-state index in [4.69, 9.17) is 4.74 Å². The molecule has 132 valence electrons. The van der Waals surface area contributed by atoms with Gasteiger partial charge in [0.2, 0.25) is 5.91 Å². The lowest BCUT2D eigenvalue weighted by atomic mass is 9.82. The van der Waals surface area contributed by atoms with Gasteiger partial charge >= 0.3 is 12.1 Å². The number of carbonyl (C=O) groups is 3. The number of carbonyl (C=O) groups excluding carboxylic acids is 2. The smallest absolute Gasteiger partial charge is 0.412 e. The van der Waals surface area contributed by atoms with Crippen molar-refractivity contribution < 1.29 is 29.3 Å². The van der Waals surface area contributed by atoms with Gasteiger partial charge < -0.3 is 25.2 Å². The number of nitrogens with zero attached hydrogens (tertiary/aromatic N) is 1. The monoisotopic (exact) mass is 346 g/mol. The number of carboxylic acids is 1. The Kier molecular flexibility index (Phi) is 4.22. The first-order valence-corrected chi connectivity index (χ1v) is 7.82. The van der Waals surface area contributed by atoms with Gasteiger partial charge in [-0.1, -0.05) is 12.1 Å². The number of fused-ring (bicyclic) bond motifs is 1. The number of rotatable bonds is 4. The second-order valence-corrected chi connectivity index (χ2v) is 6.05. The fourth-order valence-electron chi connectivity index (χ4n) is 3.43. The predicted octanol–water partition coefficient (Wildman–Crippen LogP) is 0.812. The topological polar surface area (TPSA) is 116 Å². The summed E-state index contributed by atoms with van der Waals surface area (Å²) in [5, 5.41) is 21.6. The van der Waals surface area contributed by atoms with Crippen LogP contribution in [-0.4, -0.2) is 52.3 Å². The molecule has 2 amide bonds. The Bertz CT molecular complexity index is 785. The van der Waals surface area contributed by atoms with E-state index in [0.29, 0.717) is 17.6 Å². The number of ether oxygens (including phenoxy) is 1. The van der Waals surface area contributed by atoms with Crippen LogP contribution < -0.4 is 10.1 Å². The first-order chi connectivity index (χ1) is 11.8. The number of nitrogens with one attached hydrogen (secondary N) is 1. The SMILES string of the molecule is CNC(=O)Oc1cccc(C2=C(C(=O)O)N3C(=O)C([C@@H](C)O)C3C2)c1. The Morgan fingerprint density at radius 1 is 1.40 bits per heavy atom. The molecule has 0 aromatic heterocycles. The van der Waals surface area contributed by atoms with Crippen LogP contribution in [0.15, 0.2) is 30.0 Å². The van der Waals surface area contributed by atoms with Crippen LogP contribution in [0.3, 0.4) is 0 Å². The quantitative estimate of drug-likeness (QED) is 0.695. The average molecular weight is 346 g/mol. The maximum absolute atomic E-state index is 12.2. The lowest BCUT2D eigenvalue weighted by Crippen LogP contribution is -2.61. The molecule has 25 heavy (non-hydrogen) atoms. The molecule has 2 aliphatic rings. The molecule has 2 heterocycles. The molecule has 0 spiro atoms. The Balaban J connectivity index is 1.96. The van der Waals surface area contributed by atoms with Crippen molar-refractivity contribution in [1.29, 1.82) is 0 Å². The minimum absolute atomic E-state index is 0.0796. The molecule has 8 nitrogen and oxygen atoms in total. The van der Waals surface area contributed by atoms with Crippen LogP contribution in [0.1, 0.15) is 18.9 Å². The molecule has 1 saturated heterocycles. The van der Waals surface area contributed by atoms with Gasteiger partial charge in [-0.3, -0.25) is 4.79 Å². The van der Waals surface area contributed by atoms with Crippen molar-refractivity contribution in [3.05, 3.63) is 35.5 Å². The number of amides is 2. The predicted molar refractivity (Wildman–Crippen MR) is 86.5 cm³/mol. The van der Waals surface area contributed by atoms with Gasteiger partial charge in [-0.15, -0.1) is 0 Å². The van der Waals surface area contributed by atoms with Gasteiger partial charge in [0.25, 0.3) is 0 Å². The first kappa shape index (κ1) is 17.0. The first-order valence-electron chi connectivity index (χ1n) is 7.82. The van der Waals surface area contributed by atoms with E-state index in [0.717, 1.165) is 0 Å². The Morgan fingerprint density at radius 2 is 2.12 bits per heavy atom. The number of aliphatic carboxylic acids is 1. The summed E-state index contributed by atoms with van der Waals surface area (Å²) in [6.07, 6.45) is -1.15. The van der Waals surface area contributed by atoms with Gasteiger partial charge in [-0.2, -0.15) is 0 Å². The number of β-lactam (4-membered cyclic amide) rings is 1. The molecular formula is C17H18N2O6. The summed E-state index contributed by atoms with van der Waals surface area (Å²) in [7, 11) is 1.43. The van der Waals surface area contributed by atoms with E-state index < -0.39 is 24.1 Å². The summed E-state index contributed by atoms with van der Waals surface area (Å²) in [4.78, 5) is 36.5. The summed E-state index contributed by atoms with van der Waals surface area (Å²) >= 11 is 0. The van der Waals surface area contributed by atoms with E-state index in [1.165, 1.54) is 18.9 Å². The van der Waals surface area contributed by atoms with E-state index in [1.54, 1.807) is 24.3 Å². The van der Waals surface area contributed by atoms with Crippen molar-refractivity contribution in [3.63, 3.8) is 0 Å². The number of aliphatic hydroxyl groups excluding tert-OH is 1. The Morgan fingerprint density at radius 3 is 2.72 bits per heavy atom. The van der Waals surface area contributed by atoms with Gasteiger partial charge in [-0.05, 0) is 36.6 Å². The second kappa shape index (κ2) is 6.21. The van der Waals surface area contributed by atoms with Crippen LogP contribution in [0.4, 0.5) is 4.79 Å². The fraction of sp³-hybridized carbons (Fsp3) is 0.353. The molecule has 2 unspecified atom stereocenters. The molecule has 1 fully saturated rings. The molecule has 3 N–H and O–H groups in total. The van der Waals surface area contributed by atoms with E-state index in [-0.39, 0.29) is 23.4 Å². The minimum atomic E-state index is -1.20. The molecule has 3 atom stereocenters. The molecule has 1 aromatic rings. The summed E-state index contributed by atoms with van der Waals surface area (Å²) in [6.45, 7) is 1.52. The van der Waals surface area contributed by atoms with Crippen molar-refractivity contribution in [2.75, 3.05) is 7.05 Å². The number of carboxylic acid groups (broad SMARTS) is 1. The van der Waals surface area contributed by atoms with Crippen LogP contribution in [0.5, 0.6) is 5.75 Å². The molecular weight excluding hydrogens is 328 g/mol. The molecule has 0 bridgehead atoms. The van der Waals surface area contributed by atoms with Gasteiger partial charge in [0.1, 0.15) is 11.4 Å². The molecule has 8 heteroatoms. The van der Waals surface area contributed by atoms with E-state index >= 15 is 0 Å². The summed E-state index contributed by atoms with van der Waals surface area (Å²) in [5.74, 6) is -1.92. The van der Waals surface area contributed by atoms with Crippen molar-refractivity contribution in [1.82, 2.24) is 10.2 Å². The Hall–Kier alpha value is -2.87. The summed E-state index contributed by atoms with van der Waals surface area (Å²) in [6, 6.07) is 6.11. The molecule has 3 rings (SSSR count). The zero-order chi connectivity index (χ0) is 18.3. The third kappa shape index (κ3) is 2.74. The second-order valence-electron chi connectivity index (χ2n) is 6.05. The van der Waals surface area contributed by atoms with Crippen molar-refractivity contribution in [2.24, 2.45) is 5.92 Å². The lowest BCUT2D eigenvalue weighted by Gasteiger charge is -2.44. The summed E-state index contributed by atoms with van der Waals surface area (Å²) < 4.78 is 5.07. The highest BCUT2D eigenvalue weighted by Crippen LogP contribution is 2.47. The molecule has 2 aliphatic heterocycles. The zero-order valence-electron chi connectivity index (χ0n) is 13.7. The number of hydrogen-bond donors (Lipinski definition) is 3. The summed E-state index contributed by atoms with van der Waals surface area (Å²) in [5.41, 5.74) is 0.964. The molecule has 0 aliphatic carbocycles. The highest BCUT2D eigenvalue weighted by atomic mass is 16.5. The van der Waals surface area contributed by atoms with Gasteiger partial charge in [0, 0.05) is 7.05 Å². The van der Waals surface area contributed by atoms with Crippen molar-refractivity contribution in [2.45, 2.75) is 25.5 Å². The maximum atomic E-state index is 12.2. The third-order valence-electron chi connectivity index (χ3n) is 4.53. The molecule has 1 aromatic carbocycles. The van der Waals surface area contributed by atoms with Crippen molar-refractivity contribution in [3.8, 4) is 5.75 Å². The van der Waals surface area contributed by atoms with Gasteiger partial charge in [0.05, 0.1) is 18.1 Å².